The molecule has 0 radical (unpaired) electrons. The number of methoxy groups -OCH3 is 1. The van der Waals surface area contributed by atoms with Crippen molar-refractivity contribution < 1.29 is 9.53 Å². The number of likely N-dealkylation sites (tertiary alicyclic amines) is 1. The SMILES string of the molecule is COC(=O)N1CC(C)CC(NC2CC2)C1. The van der Waals surface area contributed by atoms with Gasteiger partial charge >= 0.3 is 6.09 Å². The van der Waals surface area contributed by atoms with Gasteiger partial charge in [-0.2, -0.15) is 0 Å². The third-order valence-corrected chi connectivity index (χ3v) is 3.14. The van der Waals surface area contributed by atoms with Crippen molar-refractivity contribution in [3.05, 3.63) is 0 Å². The molecule has 0 bridgehead atoms. The van der Waals surface area contributed by atoms with E-state index in [1.54, 1.807) is 0 Å². The van der Waals surface area contributed by atoms with E-state index in [2.05, 4.69) is 12.2 Å². The summed E-state index contributed by atoms with van der Waals surface area (Å²) in [4.78, 5) is 13.2. The Balaban J connectivity index is 1.87. The topological polar surface area (TPSA) is 41.6 Å². The number of carbonyl (C=O) groups excluding carboxylic acids is 1. The highest BCUT2D eigenvalue weighted by Crippen LogP contribution is 2.23. The van der Waals surface area contributed by atoms with Crippen LogP contribution in [-0.2, 0) is 4.74 Å². The standard InChI is InChI=1S/C11H20N2O2/c1-8-5-10(12-9-3-4-9)7-13(6-8)11(14)15-2/h8-10,12H,3-7H2,1-2H3. The minimum absolute atomic E-state index is 0.191. The summed E-state index contributed by atoms with van der Waals surface area (Å²) < 4.78 is 4.77. The zero-order chi connectivity index (χ0) is 10.8. The number of hydrogen-bond donors (Lipinski definition) is 1. The molecule has 1 heterocycles. The number of nitrogens with one attached hydrogen (secondary N) is 1. The van der Waals surface area contributed by atoms with Gasteiger partial charge < -0.3 is 15.0 Å². The van der Waals surface area contributed by atoms with E-state index in [0.29, 0.717) is 18.0 Å². The van der Waals surface area contributed by atoms with Crippen molar-refractivity contribution in [3.8, 4) is 0 Å². The van der Waals surface area contributed by atoms with Crippen LogP contribution in [0.2, 0.25) is 0 Å². The van der Waals surface area contributed by atoms with Gasteiger partial charge in [0, 0.05) is 25.2 Å². The number of rotatable bonds is 2. The molecule has 4 nitrogen and oxygen atoms in total. The maximum Gasteiger partial charge on any atom is 0.409 e. The summed E-state index contributed by atoms with van der Waals surface area (Å²) in [6.07, 6.45) is 3.57. The van der Waals surface area contributed by atoms with Crippen molar-refractivity contribution >= 4 is 6.09 Å². The molecule has 1 aliphatic heterocycles. The fourth-order valence-corrected chi connectivity index (χ4v) is 2.33. The quantitative estimate of drug-likeness (QED) is 0.748. The first kappa shape index (κ1) is 10.7. The summed E-state index contributed by atoms with van der Waals surface area (Å²) >= 11 is 0. The Hall–Kier alpha value is -0.770. The fourth-order valence-electron chi connectivity index (χ4n) is 2.33. The molecule has 1 amide bonds. The van der Waals surface area contributed by atoms with Gasteiger partial charge in [-0.1, -0.05) is 6.92 Å². The zero-order valence-corrected chi connectivity index (χ0v) is 9.53. The lowest BCUT2D eigenvalue weighted by molar-refractivity contribution is 0.0937. The Labute approximate surface area is 91.0 Å². The van der Waals surface area contributed by atoms with Crippen LogP contribution in [0.15, 0.2) is 0 Å². The molecule has 0 aromatic carbocycles. The van der Waals surface area contributed by atoms with E-state index in [9.17, 15) is 4.79 Å². The first-order valence-corrected chi connectivity index (χ1v) is 5.78. The Morgan fingerprint density at radius 1 is 1.33 bits per heavy atom. The third kappa shape index (κ3) is 2.84. The minimum Gasteiger partial charge on any atom is -0.453 e. The first-order chi connectivity index (χ1) is 7.19. The molecule has 2 rings (SSSR count). The van der Waals surface area contributed by atoms with Crippen LogP contribution < -0.4 is 5.32 Å². The molecule has 86 valence electrons. The summed E-state index contributed by atoms with van der Waals surface area (Å²) in [6, 6.07) is 1.17. The second-order valence-corrected chi connectivity index (χ2v) is 4.85. The van der Waals surface area contributed by atoms with Crippen LogP contribution in [0, 0.1) is 5.92 Å². The van der Waals surface area contributed by atoms with Crippen LogP contribution in [0.4, 0.5) is 4.79 Å². The monoisotopic (exact) mass is 212 g/mol. The second-order valence-electron chi connectivity index (χ2n) is 4.85. The number of carbonyl (C=O) groups is 1. The Kier molecular flexibility index (Phi) is 3.14. The lowest BCUT2D eigenvalue weighted by Crippen LogP contribution is -2.51. The predicted octanol–water partition coefficient (Wildman–Crippen LogP) is 1.22. The van der Waals surface area contributed by atoms with Gasteiger partial charge in [0.05, 0.1) is 7.11 Å². The van der Waals surface area contributed by atoms with Gasteiger partial charge in [-0.3, -0.25) is 0 Å². The summed E-state index contributed by atoms with van der Waals surface area (Å²) in [7, 11) is 1.45. The minimum atomic E-state index is -0.191. The van der Waals surface area contributed by atoms with E-state index in [0.717, 1.165) is 13.1 Å². The van der Waals surface area contributed by atoms with Crippen LogP contribution >= 0.6 is 0 Å². The molecular weight excluding hydrogens is 192 g/mol. The van der Waals surface area contributed by atoms with E-state index < -0.39 is 0 Å². The maximum atomic E-state index is 11.4. The molecule has 2 atom stereocenters. The van der Waals surface area contributed by atoms with Crippen molar-refractivity contribution in [2.45, 2.75) is 38.3 Å². The molecule has 2 unspecified atom stereocenters. The lowest BCUT2D eigenvalue weighted by atomic mass is 9.96. The van der Waals surface area contributed by atoms with Crippen LogP contribution in [0.25, 0.3) is 0 Å². The molecular formula is C11H20N2O2. The number of nitrogens with zero attached hydrogens (tertiary/aromatic N) is 1. The molecule has 1 saturated carbocycles. The Morgan fingerprint density at radius 3 is 2.67 bits per heavy atom. The van der Waals surface area contributed by atoms with E-state index in [1.807, 2.05) is 4.90 Å². The average molecular weight is 212 g/mol. The summed E-state index contributed by atoms with van der Waals surface area (Å²) in [5.41, 5.74) is 0. The van der Waals surface area contributed by atoms with Gasteiger partial charge in [-0.05, 0) is 25.2 Å². The predicted molar refractivity (Wildman–Crippen MR) is 57.7 cm³/mol. The first-order valence-electron chi connectivity index (χ1n) is 5.78. The highest BCUT2D eigenvalue weighted by atomic mass is 16.5. The van der Waals surface area contributed by atoms with Gasteiger partial charge in [0.1, 0.15) is 0 Å². The molecule has 1 saturated heterocycles. The molecule has 2 fully saturated rings. The van der Waals surface area contributed by atoms with E-state index in [4.69, 9.17) is 4.74 Å². The van der Waals surface area contributed by atoms with Crippen molar-refractivity contribution in [1.29, 1.82) is 0 Å². The number of ether oxygens (including phenoxy) is 1. The van der Waals surface area contributed by atoms with Crippen LogP contribution in [0.3, 0.4) is 0 Å². The van der Waals surface area contributed by atoms with Gasteiger partial charge in [0.15, 0.2) is 0 Å². The van der Waals surface area contributed by atoms with Crippen molar-refractivity contribution in [2.75, 3.05) is 20.2 Å². The fraction of sp³-hybridized carbons (Fsp3) is 0.909. The van der Waals surface area contributed by atoms with Gasteiger partial charge in [0.2, 0.25) is 0 Å². The van der Waals surface area contributed by atoms with E-state index in [1.165, 1.54) is 26.4 Å². The van der Waals surface area contributed by atoms with Gasteiger partial charge in [-0.15, -0.1) is 0 Å². The highest BCUT2D eigenvalue weighted by molar-refractivity contribution is 5.67. The van der Waals surface area contributed by atoms with E-state index >= 15 is 0 Å². The lowest BCUT2D eigenvalue weighted by Gasteiger charge is -2.36. The molecule has 1 N–H and O–H groups in total. The summed E-state index contributed by atoms with van der Waals surface area (Å²) in [6.45, 7) is 3.82. The Bertz CT molecular complexity index is 239. The molecule has 15 heavy (non-hydrogen) atoms. The van der Waals surface area contributed by atoms with Crippen LogP contribution in [-0.4, -0.2) is 43.3 Å². The summed E-state index contributed by atoms with van der Waals surface area (Å²) in [5.74, 6) is 0.564. The normalized spacial score (nSPS) is 31.5. The summed E-state index contributed by atoms with van der Waals surface area (Å²) in [5, 5.41) is 3.58. The number of hydrogen-bond acceptors (Lipinski definition) is 3. The van der Waals surface area contributed by atoms with E-state index in [-0.39, 0.29) is 6.09 Å². The Morgan fingerprint density at radius 2 is 2.07 bits per heavy atom. The highest BCUT2D eigenvalue weighted by Gasteiger charge is 2.32. The average Bonchev–Trinajstić information content (AvgIpc) is 2.99. The second kappa shape index (κ2) is 4.39. The largest absolute Gasteiger partial charge is 0.453 e. The third-order valence-electron chi connectivity index (χ3n) is 3.14. The smallest absolute Gasteiger partial charge is 0.409 e. The van der Waals surface area contributed by atoms with Crippen molar-refractivity contribution in [2.24, 2.45) is 5.92 Å². The van der Waals surface area contributed by atoms with Crippen molar-refractivity contribution in [3.63, 3.8) is 0 Å². The van der Waals surface area contributed by atoms with Gasteiger partial charge in [-0.25, -0.2) is 4.79 Å². The van der Waals surface area contributed by atoms with Crippen molar-refractivity contribution in [1.82, 2.24) is 10.2 Å². The molecule has 1 aliphatic carbocycles. The van der Waals surface area contributed by atoms with Crippen LogP contribution in [0.5, 0.6) is 0 Å². The molecule has 0 aromatic heterocycles. The zero-order valence-electron chi connectivity index (χ0n) is 9.53. The maximum absolute atomic E-state index is 11.4. The molecule has 4 heteroatoms. The van der Waals surface area contributed by atoms with Crippen LogP contribution in [0.1, 0.15) is 26.2 Å². The number of amides is 1. The molecule has 2 aliphatic rings. The molecule has 0 spiro atoms. The molecule has 0 aromatic rings. The van der Waals surface area contributed by atoms with Gasteiger partial charge in [0.25, 0.3) is 0 Å². The number of piperidine rings is 1.